The SMILES string of the molecule is CC(C)NC(=O)C1(Cc2ccc(-c3cccnc3)cc2)CCN(C(=O)C2CC2)CC1. The van der Waals surface area contributed by atoms with E-state index in [9.17, 15) is 9.59 Å². The largest absolute Gasteiger partial charge is 0.353 e. The molecule has 2 fully saturated rings. The van der Waals surface area contributed by atoms with Gasteiger partial charge in [-0.1, -0.05) is 30.3 Å². The number of benzene rings is 1. The van der Waals surface area contributed by atoms with Gasteiger partial charge in [-0.2, -0.15) is 0 Å². The number of nitrogens with zero attached hydrogens (tertiary/aromatic N) is 2. The maximum atomic E-state index is 13.2. The number of hydrogen-bond acceptors (Lipinski definition) is 3. The molecule has 158 valence electrons. The lowest BCUT2D eigenvalue weighted by Gasteiger charge is -2.41. The van der Waals surface area contributed by atoms with E-state index in [2.05, 4.69) is 34.6 Å². The highest BCUT2D eigenvalue weighted by atomic mass is 16.2. The number of piperidine rings is 1. The van der Waals surface area contributed by atoms with E-state index in [0.717, 1.165) is 29.5 Å². The van der Waals surface area contributed by atoms with Gasteiger partial charge in [0, 0.05) is 37.4 Å². The molecule has 0 unspecified atom stereocenters. The quantitative estimate of drug-likeness (QED) is 0.794. The van der Waals surface area contributed by atoms with Crippen LogP contribution in [0.5, 0.6) is 0 Å². The molecule has 1 aliphatic heterocycles. The summed E-state index contributed by atoms with van der Waals surface area (Å²) in [4.78, 5) is 31.9. The van der Waals surface area contributed by atoms with Crippen molar-refractivity contribution in [2.24, 2.45) is 11.3 Å². The Labute approximate surface area is 178 Å². The highest BCUT2D eigenvalue weighted by molar-refractivity contribution is 5.85. The van der Waals surface area contributed by atoms with Crippen LogP contribution in [0, 0.1) is 11.3 Å². The number of nitrogens with one attached hydrogen (secondary N) is 1. The van der Waals surface area contributed by atoms with Crippen molar-refractivity contribution in [3.63, 3.8) is 0 Å². The fourth-order valence-corrected chi connectivity index (χ4v) is 4.38. The monoisotopic (exact) mass is 405 g/mol. The number of hydrogen-bond donors (Lipinski definition) is 1. The normalized spacial score (nSPS) is 18.3. The summed E-state index contributed by atoms with van der Waals surface area (Å²) in [6.07, 6.45) is 7.82. The van der Waals surface area contributed by atoms with Crippen molar-refractivity contribution < 1.29 is 9.59 Å². The number of likely N-dealkylation sites (tertiary alicyclic amines) is 1. The molecule has 1 aromatic carbocycles. The molecule has 2 amide bonds. The maximum absolute atomic E-state index is 13.2. The zero-order valence-corrected chi connectivity index (χ0v) is 17.9. The molecular weight excluding hydrogens is 374 g/mol. The van der Waals surface area contributed by atoms with Crippen LogP contribution in [0.4, 0.5) is 0 Å². The molecule has 0 radical (unpaired) electrons. The van der Waals surface area contributed by atoms with Gasteiger partial charge in [0.05, 0.1) is 5.41 Å². The van der Waals surface area contributed by atoms with E-state index >= 15 is 0 Å². The van der Waals surface area contributed by atoms with Crippen molar-refractivity contribution in [3.05, 3.63) is 54.4 Å². The molecule has 4 rings (SSSR count). The number of amides is 2. The highest BCUT2D eigenvalue weighted by Crippen LogP contribution is 2.38. The smallest absolute Gasteiger partial charge is 0.226 e. The molecule has 1 aromatic heterocycles. The molecule has 5 heteroatoms. The third-order valence-corrected chi connectivity index (χ3v) is 6.35. The van der Waals surface area contributed by atoms with Crippen LogP contribution in [0.1, 0.15) is 45.1 Å². The molecule has 1 aliphatic carbocycles. The van der Waals surface area contributed by atoms with Gasteiger partial charge in [0.1, 0.15) is 0 Å². The molecule has 0 bridgehead atoms. The summed E-state index contributed by atoms with van der Waals surface area (Å²) in [6, 6.07) is 12.5. The van der Waals surface area contributed by atoms with Gasteiger partial charge in [-0.25, -0.2) is 0 Å². The van der Waals surface area contributed by atoms with E-state index in [4.69, 9.17) is 0 Å². The predicted molar refractivity (Wildman–Crippen MR) is 118 cm³/mol. The number of carbonyl (C=O) groups excluding carboxylic acids is 2. The topological polar surface area (TPSA) is 62.3 Å². The molecule has 1 saturated heterocycles. The van der Waals surface area contributed by atoms with Gasteiger partial charge in [0.15, 0.2) is 0 Å². The average molecular weight is 406 g/mol. The van der Waals surface area contributed by atoms with Gasteiger partial charge >= 0.3 is 0 Å². The molecule has 2 heterocycles. The first-order valence-electron chi connectivity index (χ1n) is 11.1. The Morgan fingerprint density at radius 3 is 2.37 bits per heavy atom. The van der Waals surface area contributed by atoms with Gasteiger partial charge in [-0.3, -0.25) is 14.6 Å². The molecule has 2 aliphatic rings. The number of pyridine rings is 1. The summed E-state index contributed by atoms with van der Waals surface area (Å²) < 4.78 is 0. The van der Waals surface area contributed by atoms with Gasteiger partial charge < -0.3 is 10.2 Å². The third kappa shape index (κ3) is 4.55. The van der Waals surface area contributed by atoms with E-state index in [-0.39, 0.29) is 23.8 Å². The Hall–Kier alpha value is -2.69. The first kappa shape index (κ1) is 20.6. The molecule has 0 atom stereocenters. The van der Waals surface area contributed by atoms with Crippen LogP contribution in [0.15, 0.2) is 48.8 Å². The van der Waals surface area contributed by atoms with Crippen LogP contribution >= 0.6 is 0 Å². The van der Waals surface area contributed by atoms with Crippen molar-refractivity contribution in [2.45, 2.75) is 52.0 Å². The molecule has 1 saturated carbocycles. The first-order chi connectivity index (χ1) is 14.5. The van der Waals surface area contributed by atoms with E-state index < -0.39 is 5.41 Å². The molecule has 2 aromatic rings. The Morgan fingerprint density at radius 2 is 1.80 bits per heavy atom. The van der Waals surface area contributed by atoms with Crippen LogP contribution in [0.25, 0.3) is 11.1 Å². The summed E-state index contributed by atoms with van der Waals surface area (Å²) >= 11 is 0. The summed E-state index contributed by atoms with van der Waals surface area (Å²) in [5.74, 6) is 0.642. The fourth-order valence-electron chi connectivity index (χ4n) is 4.38. The van der Waals surface area contributed by atoms with E-state index in [0.29, 0.717) is 32.4 Å². The Kier molecular flexibility index (Phi) is 5.89. The molecular formula is C25H31N3O2. The first-order valence-corrected chi connectivity index (χ1v) is 11.1. The lowest BCUT2D eigenvalue weighted by Crippen LogP contribution is -2.52. The van der Waals surface area contributed by atoms with Crippen LogP contribution in [0.3, 0.4) is 0 Å². The number of rotatable bonds is 6. The van der Waals surface area contributed by atoms with Gasteiger partial charge in [-0.05, 0) is 68.7 Å². The van der Waals surface area contributed by atoms with E-state index in [1.807, 2.05) is 37.1 Å². The maximum Gasteiger partial charge on any atom is 0.226 e. The minimum atomic E-state index is -0.458. The second kappa shape index (κ2) is 8.58. The van der Waals surface area contributed by atoms with Gasteiger partial charge in [-0.15, -0.1) is 0 Å². The Balaban J connectivity index is 1.50. The lowest BCUT2D eigenvalue weighted by atomic mass is 9.72. The summed E-state index contributed by atoms with van der Waals surface area (Å²) in [6.45, 7) is 5.35. The lowest BCUT2D eigenvalue weighted by molar-refractivity contribution is -0.141. The molecule has 1 N–H and O–H groups in total. The summed E-state index contributed by atoms with van der Waals surface area (Å²) in [7, 11) is 0. The van der Waals surface area contributed by atoms with Crippen LogP contribution < -0.4 is 5.32 Å². The Bertz CT molecular complexity index is 880. The molecule has 0 spiro atoms. The third-order valence-electron chi connectivity index (χ3n) is 6.35. The zero-order chi connectivity index (χ0) is 21.1. The number of carbonyl (C=O) groups is 2. The predicted octanol–water partition coefficient (Wildman–Crippen LogP) is 3.83. The second-order valence-corrected chi connectivity index (χ2v) is 9.12. The van der Waals surface area contributed by atoms with Gasteiger partial charge in [0.25, 0.3) is 0 Å². The van der Waals surface area contributed by atoms with Crippen LogP contribution in [0.2, 0.25) is 0 Å². The van der Waals surface area contributed by atoms with E-state index in [1.54, 1.807) is 6.20 Å². The zero-order valence-electron chi connectivity index (χ0n) is 17.9. The van der Waals surface area contributed by atoms with Crippen molar-refractivity contribution in [3.8, 4) is 11.1 Å². The summed E-state index contributed by atoms with van der Waals surface area (Å²) in [5.41, 5.74) is 2.91. The molecule has 30 heavy (non-hydrogen) atoms. The highest BCUT2D eigenvalue weighted by Gasteiger charge is 2.44. The standard InChI is InChI=1S/C25H31N3O2/c1-18(2)27-24(30)25(11-14-28(15-12-25)23(29)21-9-10-21)16-19-5-7-20(8-6-19)22-4-3-13-26-17-22/h3-8,13,17-18,21H,9-12,14-16H2,1-2H3,(H,27,30). The average Bonchev–Trinajstić information content (AvgIpc) is 3.60. The van der Waals surface area contributed by atoms with Crippen LogP contribution in [-0.4, -0.2) is 40.8 Å². The minimum Gasteiger partial charge on any atom is -0.353 e. The second-order valence-electron chi connectivity index (χ2n) is 9.12. The van der Waals surface area contributed by atoms with Crippen molar-refractivity contribution >= 4 is 11.8 Å². The minimum absolute atomic E-state index is 0.105. The molecule has 5 nitrogen and oxygen atoms in total. The fraction of sp³-hybridized carbons (Fsp3) is 0.480. The van der Waals surface area contributed by atoms with Crippen molar-refractivity contribution in [2.75, 3.05) is 13.1 Å². The van der Waals surface area contributed by atoms with Gasteiger partial charge in [0.2, 0.25) is 11.8 Å². The van der Waals surface area contributed by atoms with E-state index in [1.165, 1.54) is 0 Å². The van der Waals surface area contributed by atoms with Crippen molar-refractivity contribution in [1.29, 1.82) is 0 Å². The van der Waals surface area contributed by atoms with Crippen molar-refractivity contribution in [1.82, 2.24) is 15.2 Å². The summed E-state index contributed by atoms with van der Waals surface area (Å²) in [5, 5.41) is 3.14. The van der Waals surface area contributed by atoms with Crippen LogP contribution in [-0.2, 0) is 16.0 Å². The Morgan fingerprint density at radius 1 is 1.10 bits per heavy atom. The number of aromatic nitrogens is 1.